The van der Waals surface area contributed by atoms with E-state index in [9.17, 15) is 14.9 Å². The number of anilines is 1. The van der Waals surface area contributed by atoms with Crippen LogP contribution in [0.3, 0.4) is 0 Å². The molecule has 2 rings (SSSR count). The van der Waals surface area contributed by atoms with Gasteiger partial charge in [0.15, 0.2) is 0 Å². The molecule has 1 atom stereocenters. The predicted octanol–water partition coefficient (Wildman–Crippen LogP) is 4.23. The minimum absolute atomic E-state index is 0.117. The number of halogens is 1. The second-order valence-corrected chi connectivity index (χ2v) is 5.83. The van der Waals surface area contributed by atoms with Gasteiger partial charge in [0.1, 0.15) is 11.8 Å². The summed E-state index contributed by atoms with van der Waals surface area (Å²) in [4.78, 5) is 24.6. The number of carbonyl (C=O) groups excluding carboxylic acids is 1. The summed E-state index contributed by atoms with van der Waals surface area (Å²) < 4.78 is 5.38. The van der Waals surface area contributed by atoms with E-state index in [4.69, 9.17) is 16.3 Å². The van der Waals surface area contributed by atoms with E-state index in [-0.39, 0.29) is 11.3 Å². The predicted molar refractivity (Wildman–Crippen MR) is 92.7 cm³/mol. The van der Waals surface area contributed by atoms with Crippen molar-refractivity contribution in [2.45, 2.75) is 13.0 Å². The highest BCUT2D eigenvalue weighted by atomic mass is 35.5. The fourth-order valence-corrected chi connectivity index (χ4v) is 2.56. The smallest absolute Gasteiger partial charge is 0.338 e. The third-order valence-electron chi connectivity index (χ3n) is 3.52. The summed E-state index contributed by atoms with van der Waals surface area (Å²) >= 11 is 6.08. The number of carbonyl (C=O) groups is 1. The fraction of sp³-hybridized carbons (Fsp3) is 0.235. The Labute approximate surface area is 144 Å². The number of esters is 1. The Hall–Kier alpha value is -2.60. The molecule has 0 N–H and O–H groups in total. The van der Waals surface area contributed by atoms with Gasteiger partial charge in [0.05, 0.1) is 10.5 Å². The molecule has 0 saturated heterocycles. The fourth-order valence-electron chi connectivity index (χ4n) is 2.27. The number of nitrogens with zero attached hydrogens (tertiary/aromatic N) is 2. The van der Waals surface area contributed by atoms with Crippen LogP contribution in [0.4, 0.5) is 11.4 Å². The van der Waals surface area contributed by atoms with E-state index in [0.29, 0.717) is 16.3 Å². The van der Waals surface area contributed by atoms with Gasteiger partial charge in [-0.15, -0.1) is 0 Å². The summed E-state index contributed by atoms with van der Waals surface area (Å²) in [5, 5.41) is 11.7. The highest BCUT2D eigenvalue weighted by Gasteiger charge is 2.21. The van der Waals surface area contributed by atoms with E-state index in [1.165, 1.54) is 18.2 Å². The van der Waals surface area contributed by atoms with E-state index < -0.39 is 17.0 Å². The largest absolute Gasteiger partial charge is 0.454 e. The van der Waals surface area contributed by atoms with Gasteiger partial charge in [0.25, 0.3) is 5.69 Å². The van der Waals surface area contributed by atoms with Crippen molar-refractivity contribution in [3.8, 4) is 0 Å². The van der Waals surface area contributed by atoms with Crippen LogP contribution in [0.15, 0.2) is 42.5 Å². The van der Waals surface area contributed by atoms with Crippen LogP contribution >= 0.6 is 11.6 Å². The quantitative estimate of drug-likeness (QED) is 0.459. The van der Waals surface area contributed by atoms with Crippen LogP contribution in [0.1, 0.15) is 28.9 Å². The van der Waals surface area contributed by atoms with Crippen LogP contribution in [0.25, 0.3) is 0 Å². The Kier molecular flexibility index (Phi) is 5.41. The zero-order valence-corrected chi connectivity index (χ0v) is 14.3. The second-order valence-electron chi connectivity index (χ2n) is 5.42. The lowest BCUT2D eigenvalue weighted by Gasteiger charge is -2.16. The Bertz CT molecular complexity index is 777. The van der Waals surface area contributed by atoms with E-state index >= 15 is 0 Å². The average molecular weight is 349 g/mol. The zero-order chi connectivity index (χ0) is 17.9. The summed E-state index contributed by atoms with van der Waals surface area (Å²) in [5.41, 5.74) is 1.05. The van der Waals surface area contributed by atoms with E-state index in [0.717, 1.165) is 0 Å². The number of hydrogen-bond acceptors (Lipinski definition) is 5. The summed E-state index contributed by atoms with van der Waals surface area (Å²) in [5.74, 6) is -0.643. The maximum atomic E-state index is 12.3. The molecule has 2 aromatic rings. The van der Waals surface area contributed by atoms with Gasteiger partial charge in [-0.3, -0.25) is 10.1 Å². The molecule has 0 aromatic heterocycles. The number of nitro groups is 1. The first-order chi connectivity index (χ1) is 11.3. The lowest BCUT2D eigenvalue weighted by Crippen LogP contribution is -2.13. The normalized spacial score (nSPS) is 11.7. The molecule has 0 spiro atoms. The Balaban J connectivity index is 2.25. The number of nitro benzene ring substituents is 1. The first-order valence-corrected chi connectivity index (χ1v) is 7.60. The number of ether oxygens (including phenoxy) is 1. The lowest BCUT2D eigenvalue weighted by atomic mass is 10.1. The topological polar surface area (TPSA) is 72.7 Å². The summed E-state index contributed by atoms with van der Waals surface area (Å²) in [6.07, 6.45) is -0.571. The van der Waals surface area contributed by atoms with Gasteiger partial charge in [-0.1, -0.05) is 29.8 Å². The Morgan fingerprint density at radius 2 is 1.92 bits per heavy atom. The van der Waals surface area contributed by atoms with Crippen LogP contribution in [0.2, 0.25) is 5.02 Å². The van der Waals surface area contributed by atoms with E-state index in [2.05, 4.69) is 0 Å². The second kappa shape index (κ2) is 7.31. The van der Waals surface area contributed by atoms with Crippen molar-refractivity contribution in [1.29, 1.82) is 0 Å². The van der Waals surface area contributed by atoms with Gasteiger partial charge < -0.3 is 9.64 Å². The molecule has 0 aliphatic heterocycles. The summed E-state index contributed by atoms with van der Waals surface area (Å²) in [6, 6.07) is 11.3. The van der Waals surface area contributed by atoms with Crippen molar-refractivity contribution < 1.29 is 14.5 Å². The van der Waals surface area contributed by atoms with Crippen molar-refractivity contribution in [3.05, 3.63) is 68.7 Å². The van der Waals surface area contributed by atoms with E-state index in [1.807, 2.05) is 0 Å². The van der Waals surface area contributed by atoms with Crippen molar-refractivity contribution in [1.82, 2.24) is 0 Å². The van der Waals surface area contributed by atoms with Gasteiger partial charge in [-0.2, -0.15) is 0 Å². The molecule has 0 saturated carbocycles. The highest BCUT2D eigenvalue weighted by molar-refractivity contribution is 6.31. The maximum Gasteiger partial charge on any atom is 0.338 e. The molecular weight excluding hydrogens is 332 g/mol. The molecule has 0 bridgehead atoms. The molecule has 0 heterocycles. The number of benzene rings is 2. The third-order valence-corrected chi connectivity index (χ3v) is 3.86. The zero-order valence-electron chi connectivity index (χ0n) is 13.5. The highest BCUT2D eigenvalue weighted by Crippen LogP contribution is 2.30. The first-order valence-electron chi connectivity index (χ1n) is 7.22. The molecule has 0 radical (unpaired) electrons. The Morgan fingerprint density at radius 3 is 2.50 bits per heavy atom. The number of rotatable bonds is 5. The molecule has 0 amide bonds. The monoisotopic (exact) mass is 348 g/mol. The van der Waals surface area contributed by atoms with Crippen LogP contribution in [0.5, 0.6) is 0 Å². The molecule has 7 heteroatoms. The van der Waals surface area contributed by atoms with Crippen LogP contribution in [-0.2, 0) is 4.74 Å². The molecule has 0 aliphatic rings. The standard InChI is InChI=1S/C17H17ClN2O4/c1-11(13-6-4-5-7-14(13)18)24-17(21)12-8-9-15(19(2)3)16(10-12)20(22)23/h4-11H,1-3H3/t11-/m1/s1. The summed E-state index contributed by atoms with van der Waals surface area (Å²) in [6.45, 7) is 1.70. The van der Waals surface area contributed by atoms with E-state index in [1.54, 1.807) is 50.2 Å². The molecular formula is C17H17ClN2O4. The van der Waals surface area contributed by atoms with Crippen LogP contribution in [0, 0.1) is 10.1 Å². The minimum atomic E-state index is -0.643. The van der Waals surface area contributed by atoms with Gasteiger partial charge >= 0.3 is 5.97 Å². The first kappa shape index (κ1) is 17.7. The maximum absolute atomic E-state index is 12.3. The van der Waals surface area contributed by atoms with Crippen molar-refractivity contribution >= 4 is 28.9 Å². The van der Waals surface area contributed by atoms with Crippen LogP contribution < -0.4 is 4.90 Å². The van der Waals surface area contributed by atoms with Crippen molar-refractivity contribution in [3.63, 3.8) is 0 Å². The third kappa shape index (κ3) is 3.83. The van der Waals surface area contributed by atoms with Gasteiger partial charge in [-0.05, 0) is 25.1 Å². The van der Waals surface area contributed by atoms with Crippen molar-refractivity contribution in [2.75, 3.05) is 19.0 Å². The van der Waals surface area contributed by atoms with Crippen LogP contribution in [-0.4, -0.2) is 25.0 Å². The Morgan fingerprint density at radius 1 is 1.25 bits per heavy atom. The minimum Gasteiger partial charge on any atom is -0.454 e. The molecule has 24 heavy (non-hydrogen) atoms. The lowest BCUT2D eigenvalue weighted by molar-refractivity contribution is -0.384. The molecule has 0 fully saturated rings. The van der Waals surface area contributed by atoms with Gasteiger partial charge in [0.2, 0.25) is 0 Å². The SMILES string of the molecule is C[C@@H](OC(=O)c1ccc(N(C)C)c([N+](=O)[O-])c1)c1ccccc1Cl. The number of hydrogen-bond donors (Lipinski definition) is 0. The molecule has 6 nitrogen and oxygen atoms in total. The van der Waals surface area contributed by atoms with Crippen molar-refractivity contribution in [2.24, 2.45) is 0 Å². The average Bonchev–Trinajstić information content (AvgIpc) is 2.54. The van der Waals surface area contributed by atoms with Gasteiger partial charge in [-0.25, -0.2) is 4.79 Å². The molecule has 2 aromatic carbocycles. The molecule has 126 valence electrons. The summed E-state index contributed by atoms with van der Waals surface area (Å²) in [7, 11) is 3.39. The molecule has 0 unspecified atom stereocenters. The van der Waals surface area contributed by atoms with Gasteiger partial charge in [0, 0.05) is 30.7 Å². The molecule has 0 aliphatic carbocycles.